The highest BCUT2D eigenvalue weighted by Gasteiger charge is 2.25. The van der Waals surface area contributed by atoms with Gasteiger partial charge in [-0.2, -0.15) is 0 Å². The van der Waals surface area contributed by atoms with Crippen LogP contribution in [0.4, 0.5) is 17.1 Å². The van der Waals surface area contributed by atoms with E-state index in [2.05, 4.69) is 111 Å². The van der Waals surface area contributed by atoms with E-state index in [0.29, 0.717) is 15.1 Å². The van der Waals surface area contributed by atoms with Gasteiger partial charge in [-0.25, -0.2) is 0 Å². The van der Waals surface area contributed by atoms with Gasteiger partial charge in [0, 0.05) is 77.3 Å². The summed E-state index contributed by atoms with van der Waals surface area (Å²) in [6.45, 7) is 18.5. The number of nitrogens with zero attached hydrogens (tertiary/aromatic N) is 3. The van der Waals surface area contributed by atoms with E-state index < -0.39 is 0 Å². The molecule has 0 saturated carbocycles. The second-order valence-electron chi connectivity index (χ2n) is 9.07. The molecule has 0 aliphatic heterocycles. The summed E-state index contributed by atoms with van der Waals surface area (Å²) < 4.78 is 0. The Morgan fingerprint density at radius 3 is 0.892 bits per heavy atom. The highest BCUT2D eigenvalue weighted by atomic mass is 35.5. The first-order chi connectivity index (χ1) is 17.8. The van der Waals surface area contributed by atoms with Gasteiger partial charge < -0.3 is 14.7 Å². The molecule has 200 valence electrons. The van der Waals surface area contributed by atoms with E-state index in [9.17, 15) is 0 Å². The Kier molecular flexibility index (Phi) is 10.9. The van der Waals surface area contributed by atoms with Crippen LogP contribution in [0.15, 0.2) is 54.6 Å². The molecular formula is C31H40Cl3N3. The van der Waals surface area contributed by atoms with Gasteiger partial charge in [0.2, 0.25) is 0 Å². The quantitative estimate of drug-likeness (QED) is 0.204. The Hall–Kier alpha value is -2.07. The van der Waals surface area contributed by atoms with Crippen LogP contribution in [0.25, 0.3) is 0 Å². The van der Waals surface area contributed by atoms with Crippen LogP contribution in [-0.2, 0) is 0 Å². The minimum atomic E-state index is -0.199. The van der Waals surface area contributed by atoms with Gasteiger partial charge in [-0.3, -0.25) is 0 Å². The van der Waals surface area contributed by atoms with Crippen molar-refractivity contribution in [2.45, 2.75) is 47.5 Å². The molecule has 0 aliphatic carbocycles. The molecule has 0 atom stereocenters. The maximum absolute atomic E-state index is 7.01. The van der Waals surface area contributed by atoms with E-state index in [4.69, 9.17) is 34.8 Å². The van der Waals surface area contributed by atoms with Gasteiger partial charge in [0.1, 0.15) is 0 Å². The maximum atomic E-state index is 7.01. The molecule has 0 N–H and O–H groups in total. The second-order valence-corrected chi connectivity index (χ2v) is 10.3. The average molecular weight is 561 g/mol. The van der Waals surface area contributed by atoms with Crippen molar-refractivity contribution in [3.8, 4) is 0 Å². The van der Waals surface area contributed by atoms with Crippen LogP contribution in [0, 0.1) is 0 Å². The average Bonchev–Trinajstić information content (AvgIpc) is 2.89. The van der Waals surface area contributed by atoms with Crippen molar-refractivity contribution in [1.82, 2.24) is 0 Å². The molecule has 3 rings (SSSR count). The predicted molar refractivity (Wildman–Crippen MR) is 166 cm³/mol. The van der Waals surface area contributed by atoms with Crippen LogP contribution >= 0.6 is 34.8 Å². The van der Waals surface area contributed by atoms with Crippen LogP contribution in [0.3, 0.4) is 0 Å². The molecule has 3 nitrogen and oxygen atoms in total. The first-order valence-corrected chi connectivity index (χ1v) is 14.6. The van der Waals surface area contributed by atoms with E-state index in [-0.39, 0.29) is 5.92 Å². The van der Waals surface area contributed by atoms with Gasteiger partial charge in [0.05, 0.1) is 0 Å². The molecule has 0 unspecified atom stereocenters. The Morgan fingerprint density at radius 2 is 0.703 bits per heavy atom. The summed E-state index contributed by atoms with van der Waals surface area (Å²) >= 11 is 21.0. The smallest absolute Gasteiger partial charge is 0.0468 e. The highest BCUT2D eigenvalue weighted by molar-refractivity contribution is 6.33. The van der Waals surface area contributed by atoms with Crippen LogP contribution < -0.4 is 14.7 Å². The van der Waals surface area contributed by atoms with Gasteiger partial charge >= 0.3 is 0 Å². The molecule has 0 saturated heterocycles. The first kappa shape index (κ1) is 29.5. The number of halogens is 3. The fourth-order valence-electron chi connectivity index (χ4n) is 5.11. The predicted octanol–water partition coefficient (Wildman–Crippen LogP) is 9.37. The molecular weight excluding hydrogens is 521 g/mol. The lowest BCUT2D eigenvalue weighted by molar-refractivity contribution is 0.861. The fraction of sp³-hybridized carbons (Fsp3) is 0.419. The SMILES string of the molecule is CCN(CC)c1ccc(C(c2ccc(N(CC)CC)cc2Cl)c2ccc(N(CC)CC)cc2Cl)c(Cl)c1. The summed E-state index contributed by atoms with van der Waals surface area (Å²) in [5.74, 6) is -0.199. The van der Waals surface area contributed by atoms with Crippen LogP contribution in [0.5, 0.6) is 0 Å². The first-order valence-electron chi connectivity index (χ1n) is 13.5. The highest BCUT2D eigenvalue weighted by Crippen LogP contribution is 2.44. The lowest BCUT2D eigenvalue weighted by atomic mass is 9.84. The summed E-state index contributed by atoms with van der Waals surface area (Å²) in [5.41, 5.74) is 6.32. The van der Waals surface area contributed by atoms with E-state index in [1.165, 1.54) is 0 Å². The molecule has 3 aromatic rings. The molecule has 0 heterocycles. The molecule has 0 spiro atoms. The van der Waals surface area contributed by atoms with Gasteiger partial charge in [-0.05, 0) is 94.6 Å². The summed E-state index contributed by atoms with van der Waals surface area (Å²) in [6, 6.07) is 19.0. The monoisotopic (exact) mass is 559 g/mol. The number of hydrogen-bond donors (Lipinski definition) is 0. The summed E-state index contributed by atoms with van der Waals surface area (Å²) in [5, 5.41) is 2.13. The van der Waals surface area contributed by atoms with Gasteiger partial charge in [-0.1, -0.05) is 53.0 Å². The second kappa shape index (κ2) is 13.6. The van der Waals surface area contributed by atoms with Crippen LogP contribution in [-0.4, -0.2) is 39.3 Å². The third-order valence-corrected chi connectivity index (χ3v) is 8.25. The van der Waals surface area contributed by atoms with Crippen molar-refractivity contribution >= 4 is 51.9 Å². The third kappa shape index (κ3) is 6.50. The molecule has 0 amide bonds. The minimum absolute atomic E-state index is 0.199. The van der Waals surface area contributed by atoms with Gasteiger partial charge in [0.15, 0.2) is 0 Å². The normalized spacial score (nSPS) is 11.2. The van der Waals surface area contributed by atoms with Crippen molar-refractivity contribution in [3.05, 3.63) is 86.4 Å². The van der Waals surface area contributed by atoms with E-state index in [1.54, 1.807) is 0 Å². The van der Waals surface area contributed by atoms with Gasteiger partial charge in [0.25, 0.3) is 0 Å². The Bertz CT molecular complexity index is 1020. The van der Waals surface area contributed by atoms with Gasteiger partial charge in [-0.15, -0.1) is 0 Å². The van der Waals surface area contributed by atoms with Crippen molar-refractivity contribution in [1.29, 1.82) is 0 Å². The zero-order chi connectivity index (χ0) is 27.1. The molecule has 0 aromatic heterocycles. The van der Waals surface area contributed by atoms with E-state index >= 15 is 0 Å². The zero-order valence-corrected chi connectivity index (χ0v) is 25.3. The molecule has 0 bridgehead atoms. The topological polar surface area (TPSA) is 9.72 Å². The van der Waals surface area contributed by atoms with Crippen LogP contribution in [0.1, 0.15) is 64.2 Å². The van der Waals surface area contributed by atoms with E-state index in [0.717, 1.165) is 73.0 Å². The lowest BCUT2D eigenvalue weighted by Crippen LogP contribution is -2.22. The van der Waals surface area contributed by atoms with E-state index in [1.807, 2.05) is 0 Å². The fourth-order valence-corrected chi connectivity index (χ4v) is 5.96. The van der Waals surface area contributed by atoms with Crippen molar-refractivity contribution < 1.29 is 0 Å². The molecule has 37 heavy (non-hydrogen) atoms. The largest absolute Gasteiger partial charge is 0.372 e. The lowest BCUT2D eigenvalue weighted by Gasteiger charge is -2.28. The van der Waals surface area contributed by atoms with Crippen molar-refractivity contribution in [3.63, 3.8) is 0 Å². The number of rotatable bonds is 12. The number of hydrogen-bond acceptors (Lipinski definition) is 3. The Labute approximate surface area is 238 Å². The molecule has 3 aromatic carbocycles. The summed E-state index contributed by atoms with van der Waals surface area (Å²) in [7, 11) is 0. The van der Waals surface area contributed by atoms with Crippen molar-refractivity contribution in [2.24, 2.45) is 0 Å². The van der Waals surface area contributed by atoms with Crippen LogP contribution in [0.2, 0.25) is 15.1 Å². The summed E-state index contributed by atoms with van der Waals surface area (Å²) in [6.07, 6.45) is 0. The Morgan fingerprint density at radius 1 is 0.459 bits per heavy atom. The third-order valence-electron chi connectivity index (χ3n) is 7.27. The van der Waals surface area contributed by atoms with Crippen molar-refractivity contribution in [2.75, 3.05) is 54.0 Å². The zero-order valence-electron chi connectivity index (χ0n) is 23.0. The molecule has 0 radical (unpaired) electrons. The maximum Gasteiger partial charge on any atom is 0.0468 e. The number of benzene rings is 3. The summed E-state index contributed by atoms with van der Waals surface area (Å²) in [4.78, 5) is 6.88. The Balaban J connectivity index is 2.20. The molecule has 0 fully saturated rings. The standard InChI is InChI=1S/C31H40Cl3N3/c1-7-35(8-2)22-13-16-25(28(32)19-22)31(26-17-14-23(20-29(26)33)36(9-3)10-4)27-18-15-24(21-30(27)34)37(11-5)12-6/h13-21,31H,7-12H2,1-6H3. The molecule has 0 aliphatic rings. The number of anilines is 3. The minimum Gasteiger partial charge on any atom is -0.372 e. The molecule has 6 heteroatoms.